The Kier molecular flexibility index (Phi) is 5.27. The number of thioether (sulfide) groups is 1. The fourth-order valence-corrected chi connectivity index (χ4v) is 2.68. The van der Waals surface area contributed by atoms with E-state index < -0.39 is 22.8 Å². The minimum Gasteiger partial charge on any atom is -0.411 e. The van der Waals surface area contributed by atoms with Crippen molar-refractivity contribution in [1.29, 1.82) is 0 Å². The van der Waals surface area contributed by atoms with Gasteiger partial charge in [-0.05, 0) is 43.3 Å². The van der Waals surface area contributed by atoms with Gasteiger partial charge in [-0.25, -0.2) is 13.2 Å². The van der Waals surface area contributed by atoms with Crippen molar-refractivity contribution in [2.24, 2.45) is 0 Å². The molecule has 3 rings (SSSR count). The number of anilines is 1. The molecule has 0 saturated heterocycles. The van der Waals surface area contributed by atoms with Gasteiger partial charge >= 0.3 is 0 Å². The molecule has 1 N–H and O–H groups in total. The predicted molar refractivity (Wildman–Crippen MR) is 90.0 cm³/mol. The normalized spacial score (nSPS) is 12.0. The zero-order chi connectivity index (χ0) is 18.7. The number of carbonyl (C=O) groups is 1. The molecule has 0 radical (unpaired) electrons. The highest BCUT2D eigenvalue weighted by Gasteiger charge is 2.20. The fourth-order valence-electron chi connectivity index (χ4n) is 2.00. The molecule has 2 aromatic carbocycles. The lowest BCUT2D eigenvalue weighted by molar-refractivity contribution is -0.115. The second-order valence-electron chi connectivity index (χ2n) is 5.25. The van der Waals surface area contributed by atoms with Gasteiger partial charge in [-0.1, -0.05) is 11.8 Å². The predicted octanol–water partition coefficient (Wildman–Crippen LogP) is 4.27. The first-order chi connectivity index (χ1) is 12.4. The van der Waals surface area contributed by atoms with Gasteiger partial charge in [0.25, 0.3) is 5.22 Å². The van der Waals surface area contributed by atoms with Crippen molar-refractivity contribution in [2.75, 3.05) is 5.32 Å². The van der Waals surface area contributed by atoms with Crippen molar-refractivity contribution in [3.05, 3.63) is 59.9 Å². The molecule has 0 fully saturated rings. The van der Waals surface area contributed by atoms with Crippen LogP contribution in [0.1, 0.15) is 6.92 Å². The van der Waals surface area contributed by atoms with Crippen molar-refractivity contribution >= 4 is 23.4 Å². The minimum absolute atomic E-state index is 0.124. The smallest absolute Gasteiger partial charge is 0.277 e. The van der Waals surface area contributed by atoms with Gasteiger partial charge in [-0.15, -0.1) is 10.2 Å². The highest BCUT2D eigenvalue weighted by Crippen LogP contribution is 2.27. The van der Waals surface area contributed by atoms with Crippen LogP contribution in [0.4, 0.5) is 18.9 Å². The SMILES string of the molecule is C[C@@H](Sc1nnc(-c2ccc(F)cc2)o1)C(=O)Nc1ccc(F)cc1F. The largest absolute Gasteiger partial charge is 0.411 e. The molecule has 0 saturated carbocycles. The van der Waals surface area contributed by atoms with E-state index in [2.05, 4.69) is 15.5 Å². The van der Waals surface area contributed by atoms with Crippen LogP contribution in [-0.2, 0) is 4.79 Å². The van der Waals surface area contributed by atoms with E-state index in [-0.39, 0.29) is 22.6 Å². The number of hydrogen-bond acceptors (Lipinski definition) is 5. The van der Waals surface area contributed by atoms with Crippen LogP contribution >= 0.6 is 11.8 Å². The lowest BCUT2D eigenvalue weighted by atomic mass is 10.2. The van der Waals surface area contributed by atoms with E-state index in [1.54, 1.807) is 6.92 Å². The van der Waals surface area contributed by atoms with Crippen LogP contribution in [0.5, 0.6) is 0 Å². The van der Waals surface area contributed by atoms with Crippen LogP contribution in [0, 0.1) is 17.5 Å². The molecule has 1 atom stereocenters. The number of rotatable bonds is 5. The highest BCUT2D eigenvalue weighted by molar-refractivity contribution is 8.00. The Morgan fingerprint density at radius 2 is 1.77 bits per heavy atom. The summed E-state index contributed by atoms with van der Waals surface area (Å²) in [4.78, 5) is 12.1. The zero-order valence-electron chi connectivity index (χ0n) is 13.4. The maximum atomic E-state index is 13.6. The molecule has 0 aliphatic carbocycles. The topological polar surface area (TPSA) is 68.0 Å². The average molecular weight is 379 g/mol. The maximum Gasteiger partial charge on any atom is 0.277 e. The molecule has 134 valence electrons. The number of benzene rings is 2. The van der Waals surface area contributed by atoms with Crippen molar-refractivity contribution in [1.82, 2.24) is 10.2 Å². The van der Waals surface area contributed by atoms with Crippen LogP contribution in [0.25, 0.3) is 11.5 Å². The summed E-state index contributed by atoms with van der Waals surface area (Å²) in [7, 11) is 0. The Morgan fingerprint density at radius 1 is 1.08 bits per heavy atom. The summed E-state index contributed by atoms with van der Waals surface area (Å²) < 4.78 is 44.9. The number of nitrogens with one attached hydrogen (secondary N) is 1. The van der Waals surface area contributed by atoms with Gasteiger partial charge < -0.3 is 9.73 Å². The Labute approximate surface area is 150 Å². The van der Waals surface area contributed by atoms with Crippen molar-refractivity contribution in [2.45, 2.75) is 17.4 Å². The van der Waals surface area contributed by atoms with E-state index in [1.807, 2.05) is 0 Å². The maximum absolute atomic E-state index is 13.6. The van der Waals surface area contributed by atoms with E-state index in [1.165, 1.54) is 24.3 Å². The molecule has 0 spiro atoms. The van der Waals surface area contributed by atoms with E-state index in [0.29, 0.717) is 11.6 Å². The van der Waals surface area contributed by atoms with E-state index in [0.717, 1.165) is 23.9 Å². The van der Waals surface area contributed by atoms with Gasteiger partial charge in [-0.2, -0.15) is 0 Å². The molecule has 1 amide bonds. The second kappa shape index (κ2) is 7.61. The van der Waals surface area contributed by atoms with Crippen molar-refractivity contribution < 1.29 is 22.4 Å². The molecular weight excluding hydrogens is 367 g/mol. The van der Waals surface area contributed by atoms with Crippen LogP contribution in [0.15, 0.2) is 52.1 Å². The number of amides is 1. The minimum atomic E-state index is -0.869. The van der Waals surface area contributed by atoms with Gasteiger partial charge in [0.15, 0.2) is 0 Å². The molecule has 1 heterocycles. The van der Waals surface area contributed by atoms with Crippen LogP contribution in [0.2, 0.25) is 0 Å². The van der Waals surface area contributed by atoms with Gasteiger partial charge in [0.05, 0.1) is 10.9 Å². The molecule has 26 heavy (non-hydrogen) atoms. The zero-order valence-corrected chi connectivity index (χ0v) is 14.2. The summed E-state index contributed by atoms with van der Waals surface area (Å²) >= 11 is 0.976. The lowest BCUT2D eigenvalue weighted by Crippen LogP contribution is -2.23. The summed E-state index contributed by atoms with van der Waals surface area (Å²) in [6.07, 6.45) is 0. The average Bonchev–Trinajstić information content (AvgIpc) is 3.06. The fraction of sp³-hybridized carbons (Fsp3) is 0.118. The van der Waals surface area contributed by atoms with Crippen molar-refractivity contribution in [3.8, 4) is 11.5 Å². The Bertz CT molecular complexity index is 931. The second-order valence-corrected chi connectivity index (χ2v) is 6.55. The molecular formula is C17H12F3N3O2S. The van der Waals surface area contributed by atoms with Crippen LogP contribution in [-0.4, -0.2) is 21.4 Å². The van der Waals surface area contributed by atoms with Gasteiger partial charge in [0, 0.05) is 11.6 Å². The van der Waals surface area contributed by atoms with Gasteiger partial charge in [-0.3, -0.25) is 4.79 Å². The molecule has 3 aromatic rings. The Hall–Kier alpha value is -2.81. The van der Waals surface area contributed by atoms with Crippen molar-refractivity contribution in [3.63, 3.8) is 0 Å². The van der Waals surface area contributed by atoms with E-state index >= 15 is 0 Å². The number of carbonyl (C=O) groups excluding carboxylic acids is 1. The third kappa shape index (κ3) is 4.23. The molecule has 5 nitrogen and oxygen atoms in total. The molecule has 0 aliphatic heterocycles. The van der Waals surface area contributed by atoms with E-state index in [9.17, 15) is 18.0 Å². The first-order valence-electron chi connectivity index (χ1n) is 7.44. The van der Waals surface area contributed by atoms with Crippen LogP contribution in [0.3, 0.4) is 0 Å². The summed E-state index contributed by atoms with van der Waals surface area (Å²) in [5.41, 5.74) is 0.414. The quantitative estimate of drug-likeness (QED) is 0.671. The Morgan fingerprint density at radius 3 is 2.46 bits per heavy atom. The van der Waals surface area contributed by atoms with Gasteiger partial charge in [0.2, 0.25) is 11.8 Å². The monoisotopic (exact) mass is 379 g/mol. The third-order valence-electron chi connectivity index (χ3n) is 3.33. The summed E-state index contributed by atoms with van der Waals surface area (Å²) in [6.45, 7) is 1.57. The molecule has 0 aliphatic rings. The number of halogens is 3. The van der Waals surface area contributed by atoms with E-state index in [4.69, 9.17) is 4.42 Å². The molecule has 1 aromatic heterocycles. The first kappa shape index (κ1) is 18.0. The highest BCUT2D eigenvalue weighted by atomic mass is 32.2. The first-order valence-corrected chi connectivity index (χ1v) is 8.32. The third-order valence-corrected chi connectivity index (χ3v) is 4.27. The number of aromatic nitrogens is 2. The molecule has 0 unspecified atom stereocenters. The molecule has 9 heteroatoms. The summed E-state index contributed by atoms with van der Waals surface area (Å²) in [5, 5.41) is 9.49. The molecule has 0 bridgehead atoms. The number of hydrogen-bond donors (Lipinski definition) is 1. The van der Waals surface area contributed by atoms with Crippen LogP contribution < -0.4 is 5.32 Å². The summed E-state index contributed by atoms with van der Waals surface area (Å²) in [5.74, 6) is -2.32. The van der Waals surface area contributed by atoms with Gasteiger partial charge in [0.1, 0.15) is 17.5 Å². The summed E-state index contributed by atoms with van der Waals surface area (Å²) in [6, 6.07) is 8.37. The number of nitrogens with zero attached hydrogens (tertiary/aromatic N) is 2. The lowest BCUT2D eigenvalue weighted by Gasteiger charge is -2.10. The standard InChI is InChI=1S/C17H12F3N3O2S/c1-9(15(24)21-14-7-6-12(19)8-13(14)20)26-17-23-22-16(25-17)10-2-4-11(18)5-3-10/h2-9H,1H3,(H,21,24)/t9-/m1/s1. The Balaban J connectivity index is 1.65.